The van der Waals surface area contributed by atoms with Crippen molar-refractivity contribution in [2.45, 2.75) is 0 Å². The van der Waals surface area contributed by atoms with Gasteiger partial charge in [0.15, 0.2) is 5.78 Å². The van der Waals surface area contributed by atoms with Crippen molar-refractivity contribution in [3.63, 3.8) is 0 Å². The van der Waals surface area contributed by atoms with Crippen molar-refractivity contribution in [1.82, 2.24) is 0 Å². The van der Waals surface area contributed by atoms with Crippen LogP contribution in [-0.2, 0) is 4.79 Å². The first kappa shape index (κ1) is 19.9. The van der Waals surface area contributed by atoms with E-state index in [0.29, 0.717) is 16.9 Å². The van der Waals surface area contributed by atoms with E-state index in [-0.39, 0.29) is 11.5 Å². The molecule has 0 unspecified atom stereocenters. The number of rotatable bonds is 7. The van der Waals surface area contributed by atoms with Gasteiger partial charge in [-0.05, 0) is 60.2 Å². The van der Waals surface area contributed by atoms with Gasteiger partial charge in [-0.15, -0.1) is 0 Å². The Labute approximate surface area is 169 Å². The molecule has 146 valence electrons. The van der Waals surface area contributed by atoms with Gasteiger partial charge < -0.3 is 14.2 Å². The maximum Gasteiger partial charge on any atom is 0.336 e. The average Bonchev–Trinajstić information content (AvgIpc) is 2.78. The molecule has 0 aromatic heterocycles. The molecule has 5 heteroatoms. The molecular weight excluding hydrogens is 368 g/mol. The van der Waals surface area contributed by atoms with E-state index in [4.69, 9.17) is 14.2 Å². The normalized spacial score (nSPS) is 10.6. The Morgan fingerprint density at radius 2 is 1.34 bits per heavy atom. The minimum absolute atomic E-state index is 0.206. The molecule has 0 atom stereocenters. The number of methoxy groups -OCH3 is 2. The van der Waals surface area contributed by atoms with Crippen LogP contribution < -0.4 is 14.2 Å². The summed E-state index contributed by atoms with van der Waals surface area (Å²) in [6.45, 7) is 0. The number of carbonyl (C=O) groups excluding carboxylic acids is 2. The number of hydrogen-bond acceptors (Lipinski definition) is 5. The Morgan fingerprint density at radius 3 is 1.97 bits per heavy atom. The van der Waals surface area contributed by atoms with Crippen LogP contribution in [0.25, 0.3) is 6.08 Å². The second kappa shape index (κ2) is 9.37. The van der Waals surface area contributed by atoms with E-state index in [2.05, 4.69) is 0 Å². The minimum atomic E-state index is -0.573. The highest BCUT2D eigenvalue weighted by Crippen LogP contribution is 2.23. The molecule has 5 nitrogen and oxygen atoms in total. The van der Waals surface area contributed by atoms with E-state index >= 15 is 0 Å². The molecule has 0 bridgehead atoms. The van der Waals surface area contributed by atoms with Crippen LogP contribution in [0.5, 0.6) is 17.2 Å². The minimum Gasteiger partial charge on any atom is -0.497 e. The topological polar surface area (TPSA) is 61.8 Å². The lowest BCUT2D eigenvalue weighted by Gasteiger charge is -2.08. The molecule has 0 fully saturated rings. The standard InChI is InChI=1S/C24H20O5/c1-27-19-12-7-17(8-13-19)9-16-23(25)29-22-6-4-3-5-21(22)24(26)18-10-14-20(28-2)15-11-18/h3-16H,1-2H3/b16-9+. The Morgan fingerprint density at radius 1 is 0.759 bits per heavy atom. The van der Waals surface area contributed by atoms with E-state index in [0.717, 1.165) is 11.3 Å². The largest absolute Gasteiger partial charge is 0.497 e. The summed E-state index contributed by atoms with van der Waals surface area (Å²) in [4.78, 5) is 25.1. The van der Waals surface area contributed by atoms with Gasteiger partial charge in [-0.3, -0.25) is 4.79 Å². The Bertz CT molecular complexity index is 1020. The zero-order valence-electron chi connectivity index (χ0n) is 16.1. The van der Waals surface area contributed by atoms with Crippen LogP contribution in [0.3, 0.4) is 0 Å². The summed E-state index contributed by atoms with van der Waals surface area (Å²) in [7, 11) is 3.15. The van der Waals surface area contributed by atoms with Gasteiger partial charge >= 0.3 is 5.97 Å². The number of ether oxygens (including phenoxy) is 3. The molecule has 3 rings (SSSR count). The van der Waals surface area contributed by atoms with E-state index in [1.807, 2.05) is 12.1 Å². The molecule has 0 saturated heterocycles. The van der Waals surface area contributed by atoms with Crippen LogP contribution in [0, 0.1) is 0 Å². The number of ketones is 1. The second-order valence-electron chi connectivity index (χ2n) is 6.08. The number of hydrogen-bond donors (Lipinski definition) is 0. The van der Waals surface area contributed by atoms with Crippen molar-refractivity contribution in [3.05, 3.63) is 95.6 Å². The van der Waals surface area contributed by atoms with Gasteiger partial charge in [0.2, 0.25) is 0 Å². The molecule has 0 aliphatic carbocycles. The Hall–Kier alpha value is -3.86. The molecule has 0 N–H and O–H groups in total. The lowest BCUT2D eigenvalue weighted by Crippen LogP contribution is -2.09. The molecule has 0 spiro atoms. The SMILES string of the molecule is COc1ccc(/C=C/C(=O)Oc2ccccc2C(=O)c2ccc(OC)cc2)cc1. The quantitative estimate of drug-likeness (QED) is 0.257. The molecule has 0 heterocycles. The molecule has 0 aliphatic rings. The van der Waals surface area contributed by atoms with Gasteiger partial charge in [-0.25, -0.2) is 4.79 Å². The Kier molecular flexibility index (Phi) is 6.43. The number of para-hydroxylation sites is 1. The number of carbonyl (C=O) groups is 2. The smallest absolute Gasteiger partial charge is 0.336 e. The highest BCUT2D eigenvalue weighted by atomic mass is 16.5. The van der Waals surface area contributed by atoms with Gasteiger partial charge in [0.05, 0.1) is 19.8 Å². The molecule has 3 aromatic carbocycles. The first-order valence-corrected chi connectivity index (χ1v) is 8.92. The molecule has 0 saturated carbocycles. The van der Waals surface area contributed by atoms with Crippen LogP contribution in [0.2, 0.25) is 0 Å². The van der Waals surface area contributed by atoms with Gasteiger partial charge in [0.1, 0.15) is 17.2 Å². The third-order valence-corrected chi connectivity index (χ3v) is 4.22. The maximum atomic E-state index is 12.8. The highest BCUT2D eigenvalue weighted by molar-refractivity contribution is 6.11. The molecule has 0 aliphatic heterocycles. The fourth-order valence-corrected chi connectivity index (χ4v) is 2.66. The fraction of sp³-hybridized carbons (Fsp3) is 0.0833. The molecule has 3 aromatic rings. The van der Waals surface area contributed by atoms with Crippen LogP contribution in [0.4, 0.5) is 0 Å². The monoisotopic (exact) mass is 388 g/mol. The van der Waals surface area contributed by atoms with Crippen molar-refractivity contribution in [2.24, 2.45) is 0 Å². The van der Waals surface area contributed by atoms with Gasteiger partial charge in [0, 0.05) is 11.6 Å². The lowest BCUT2D eigenvalue weighted by atomic mass is 10.0. The summed E-state index contributed by atoms with van der Waals surface area (Å²) in [6, 6.07) is 20.7. The molecule has 0 radical (unpaired) electrons. The summed E-state index contributed by atoms with van der Waals surface area (Å²) in [5, 5.41) is 0. The summed E-state index contributed by atoms with van der Waals surface area (Å²) in [6.07, 6.45) is 2.95. The van der Waals surface area contributed by atoms with Crippen LogP contribution in [-0.4, -0.2) is 26.0 Å². The third-order valence-electron chi connectivity index (χ3n) is 4.22. The summed E-state index contributed by atoms with van der Waals surface area (Å²) in [5.41, 5.74) is 1.61. The summed E-state index contributed by atoms with van der Waals surface area (Å²) in [5.74, 6) is 0.782. The fourth-order valence-electron chi connectivity index (χ4n) is 2.66. The number of esters is 1. The lowest BCUT2D eigenvalue weighted by molar-refractivity contribution is -0.128. The zero-order valence-corrected chi connectivity index (χ0v) is 16.1. The van der Waals surface area contributed by atoms with E-state index < -0.39 is 5.97 Å². The maximum absolute atomic E-state index is 12.8. The molecule has 0 amide bonds. The first-order valence-electron chi connectivity index (χ1n) is 8.92. The van der Waals surface area contributed by atoms with Crippen molar-refractivity contribution < 1.29 is 23.8 Å². The molecular formula is C24H20O5. The van der Waals surface area contributed by atoms with Crippen LogP contribution in [0.15, 0.2) is 78.9 Å². The predicted octanol–water partition coefficient (Wildman–Crippen LogP) is 4.55. The van der Waals surface area contributed by atoms with Crippen LogP contribution >= 0.6 is 0 Å². The first-order chi connectivity index (χ1) is 14.1. The zero-order chi connectivity index (χ0) is 20.6. The average molecular weight is 388 g/mol. The van der Waals surface area contributed by atoms with Gasteiger partial charge in [-0.2, -0.15) is 0 Å². The van der Waals surface area contributed by atoms with Gasteiger partial charge in [0.25, 0.3) is 0 Å². The second-order valence-corrected chi connectivity index (χ2v) is 6.08. The summed E-state index contributed by atoms with van der Waals surface area (Å²) >= 11 is 0. The third kappa shape index (κ3) is 5.11. The highest BCUT2D eigenvalue weighted by Gasteiger charge is 2.16. The summed E-state index contributed by atoms with van der Waals surface area (Å²) < 4.78 is 15.6. The predicted molar refractivity (Wildman–Crippen MR) is 111 cm³/mol. The van der Waals surface area contributed by atoms with E-state index in [1.165, 1.54) is 6.08 Å². The van der Waals surface area contributed by atoms with Gasteiger partial charge in [-0.1, -0.05) is 24.3 Å². The van der Waals surface area contributed by atoms with E-state index in [9.17, 15) is 9.59 Å². The van der Waals surface area contributed by atoms with Crippen molar-refractivity contribution in [2.75, 3.05) is 14.2 Å². The Balaban J connectivity index is 1.74. The van der Waals surface area contributed by atoms with Crippen molar-refractivity contribution >= 4 is 17.8 Å². The van der Waals surface area contributed by atoms with Crippen molar-refractivity contribution in [3.8, 4) is 17.2 Å². The van der Waals surface area contributed by atoms with Crippen LogP contribution in [0.1, 0.15) is 21.5 Å². The van der Waals surface area contributed by atoms with E-state index in [1.54, 1.807) is 81.0 Å². The number of benzene rings is 3. The van der Waals surface area contributed by atoms with Crippen molar-refractivity contribution in [1.29, 1.82) is 0 Å². The molecule has 29 heavy (non-hydrogen) atoms.